The van der Waals surface area contributed by atoms with E-state index >= 15 is 0 Å². The Morgan fingerprint density at radius 2 is 1.48 bits per heavy atom. The largest absolute Gasteiger partial charge is 0.493 e. The molecule has 0 amide bonds. The minimum Gasteiger partial charge on any atom is -0.493 e. The zero-order chi connectivity index (χ0) is 21.0. The van der Waals surface area contributed by atoms with Crippen LogP contribution >= 0.6 is 0 Å². The second kappa shape index (κ2) is 8.68. The van der Waals surface area contributed by atoms with E-state index < -0.39 is 0 Å². The monoisotopic (exact) mass is 397 g/mol. The van der Waals surface area contributed by atoms with E-state index in [0.717, 1.165) is 0 Å². The summed E-state index contributed by atoms with van der Waals surface area (Å²) in [5, 5.41) is 1.40. The Kier molecular flexibility index (Phi) is 6.07. The van der Waals surface area contributed by atoms with Crippen molar-refractivity contribution in [3.8, 4) is 28.7 Å². The van der Waals surface area contributed by atoms with Gasteiger partial charge in [-0.25, -0.2) is 0 Å². The molecule has 0 radical (unpaired) electrons. The lowest BCUT2D eigenvalue weighted by Crippen LogP contribution is -2.06. The Bertz CT molecular complexity index is 1020. The average Bonchev–Trinajstić information content (AvgIpc) is 2.76. The fraction of sp³-hybridized carbons (Fsp3) is 0.273. The number of nitrogens with zero attached hydrogens (tertiary/aromatic N) is 1. The molecule has 3 aromatic rings. The summed E-state index contributed by atoms with van der Waals surface area (Å²) in [6.45, 7) is 2.39. The van der Waals surface area contributed by atoms with Gasteiger partial charge in [0.1, 0.15) is 0 Å². The lowest BCUT2D eigenvalue weighted by atomic mass is 9.98. The Morgan fingerprint density at radius 3 is 2.03 bits per heavy atom. The van der Waals surface area contributed by atoms with Crippen LogP contribution in [0.1, 0.15) is 22.8 Å². The van der Waals surface area contributed by atoms with Crippen molar-refractivity contribution in [2.24, 2.45) is 0 Å². The summed E-state index contributed by atoms with van der Waals surface area (Å²) in [7, 11) is 6.08. The molecule has 0 unspecified atom stereocenters. The normalized spacial score (nSPS) is 10.5. The third kappa shape index (κ3) is 3.63. The minimum atomic E-state index is -0.228. The molecule has 0 fully saturated rings. The van der Waals surface area contributed by atoms with E-state index in [-0.39, 0.29) is 5.78 Å². The number of ketones is 1. The molecule has 152 valence electrons. The van der Waals surface area contributed by atoms with Crippen molar-refractivity contribution >= 4 is 16.6 Å². The predicted molar refractivity (Wildman–Crippen MR) is 109 cm³/mol. The number of carbonyl (C=O) groups excluding carboxylic acids is 1. The van der Waals surface area contributed by atoms with Crippen molar-refractivity contribution in [1.29, 1.82) is 0 Å². The smallest absolute Gasteiger partial charge is 0.203 e. The highest BCUT2D eigenvalue weighted by atomic mass is 16.5. The highest BCUT2D eigenvalue weighted by Gasteiger charge is 2.21. The standard InChI is InChI=1S/C22H23NO6/c1-6-29-17-8-7-14-15(11-23-12-16(14)21(17)27-4)20(24)13-9-18(25-2)22(28-5)19(10-13)26-3/h7-12H,6H2,1-5H3. The second-order valence-electron chi connectivity index (χ2n) is 6.06. The predicted octanol–water partition coefficient (Wildman–Crippen LogP) is 3.90. The van der Waals surface area contributed by atoms with Crippen LogP contribution < -0.4 is 23.7 Å². The van der Waals surface area contributed by atoms with Crippen molar-refractivity contribution in [3.63, 3.8) is 0 Å². The van der Waals surface area contributed by atoms with Gasteiger partial charge in [0.25, 0.3) is 0 Å². The highest BCUT2D eigenvalue weighted by Crippen LogP contribution is 2.40. The number of hydrogen-bond acceptors (Lipinski definition) is 7. The van der Waals surface area contributed by atoms with Gasteiger partial charge < -0.3 is 23.7 Å². The van der Waals surface area contributed by atoms with Crippen LogP contribution in [0.4, 0.5) is 0 Å². The zero-order valence-electron chi connectivity index (χ0n) is 17.1. The minimum absolute atomic E-state index is 0.228. The summed E-state index contributed by atoms with van der Waals surface area (Å²) in [5.74, 6) is 2.14. The molecule has 0 saturated carbocycles. The molecule has 0 aliphatic heterocycles. The first-order valence-electron chi connectivity index (χ1n) is 9.01. The summed E-state index contributed by atoms with van der Waals surface area (Å²) in [4.78, 5) is 17.6. The maximum absolute atomic E-state index is 13.3. The van der Waals surface area contributed by atoms with Gasteiger partial charge >= 0.3 is 0 Å². The molecule has 3 rings (SSSR count). The Hall–Kier alpha value is -3.48. The first-order chi connectivity index (χ1) is 14.1. The third-order valence-corrected chi connectivity index (χ3v) is 4.53. The number of aromatic nitrogens is 1. The first kappa shape index (κ1) is 20.3. The summed E-state index contributed by atoms with van der Waals surface area (Å²) < 4.78 is 27.2. The van der Waals surface area contributed by atoms with Crippen molar-refractivity contribution < 1.29 is 28.5 Å². The van der Waals surface area contributed by atoms with E-state index in [4.69, 9.17) is 23.7 Å². The van der Waals surface area contributed by atoms with Gasteiger partial charge in [0.2, 0.25) is 5.75 Å². The number of hydrogen-bond donors (Lipinski definition) is 0. The molecule has 0 aliphatic rings. The Balaban J connectivity index is 2.17. The molecular formula is C22H23NO6. The SMILES string of the molecule is CCOc1ccc2c(C(=O)c3cc(OC)c(OC)c(OC)c3)cncc2c1OC. The maximum atomic E-state index is 13.3. The maximum Gasteiger partial charge on any atom is 0.203 e. The van der Waals surface area contributed by atoms with Crippen LogP contribution in [0.15, 0.2) is 36.7 Å². The zero-order valence-corrected chi connectivity index (χ0v) is 17.1. The summed E-state index contributed by atoms with van der Waals surface area (Å²) in [6.07, 6.45) is 3.19. The topological polar surface area (TPSA) is 76.1 Å². The van der Waals surface area contributed by atoms with Gasteiger partial charge in [-0.2, -0.15) is 0 Å². The summed E-state index contributed by atoms with van der Waals surface area (Å²) in [6, 6.07) is 6.86. The lowest BCUT2D eigenvalue weighted by molar-refractivity contribution is 0.103. The molecule has 0 saturated heterocycles. The molecule has 1 heterocycles. The van der Waals surface area contributed by atoms with Crippen LogP contribution in [-0.4, -0.2) is 45.8 Å². The Morgan fingerprint density at radius 1 is 0.828 bits per heavy atom. The second-order valence-corrected chi connectivity index (χ2v) is 6.06. The number of ether oxygens (including phenoxy) is 5. The number of pyridine rings is 1. The van der Waals surface area contributed by atoms with E-state index in [0.29, 0.717) is 57.3 Å². The van der Waals surface area contributed by atoms with Crippen molar-refractivity contribution in [2.75, 3.05) is 35.0 Å². The molecular weight excluding hydrogens is 374 g/mol. The molecule has 0 N–H and O–H groups in total. The average molecular weight is 397 g/mol. The Labute approximate surface area is 169 Å². The fourth-order valence-corrected chi connectivity index (χ4v) is 3.23. The van der Waals surface area contributed by atoms with Gasteiger partial charge in [-0.3, -0.25) is 9.78 Å². The van der Waals surface area contributed by atoms with E-state index in [1.54, 1.807) is 31.5 Å². The van der Waals surface area contributed by atoms with E-state index in [1.165, 1.54) is 27.5 Å². The number of rotatable bonds is 8. The molecule has 0 spiro atoms. The molecule has 29 heavy (non-hydrogen) atoms. The van der Waals surface area contributed by atoms with Crippen molar-refractivity contribution in [1.82, 2.24) is 4.98 Å². The molecule has 1 aromatic heterocycles. The third-order valence-electron chi connectivity index (χ3n) is 4.53. The number of carbonyl (C=O) groups is 1. The number of benzene rings is 2. The number of fused-ring (bicyclic) bond motifs is 1. The van der Waals surface area contributed by atoms with Crippen LogP contribution in [0.25, 0.3) is 10.8 Å². The molecule has 0 atom stereocenters. The summed E-state index contributed by atoms with van der Waals surface area (Å²) >= 11 is 0. The van der Waals surface area contributed by atoms with Gasteiger partial charge in [0.05, 0.1) is 35.0 Å². The fourth-order valence-electron chi connectivity index (χ4n) is 3.23. The summed E-state index contributed by atoms with van der Waals surface area (Å²) in [5.41, 5.74) is 0.819. The van der Waals surface area contributed by atoms with E-state index in [1.807, 2.05) is 13.0 Å². The van der Waals surface area contributed by atoms with Gasteiger partial charge in [0.15, 0.2) is 28.8 Å². The first-order valence-corrected chi connectivity index (χ1v) is 9.01. The molecule has 7 heteroatoms. The van der Waals surface area contributed by atoms with Crippen LogP contribution in [0, 0.1) is 0 Å². The lowest BCUT2D eigenvalue weighted by Gasteiger charge is -2.15. The van der Waals surface area contributed by atoms with Crippen LogP contribution in [0.5, 0.6) is 28.7 Å². The number of methoxy groups -OCH3 is 4. The van der Waals surface area contributed by atoms with Crippen LogP contribution in [0.2, 0.25) is 0 Å². The molecule has 0 bridgehead atoms. The quantitative estimate of drug-likeness (QED) is 0.534. The molecule has 7 nitrogen and oxygen atoms in total. The van der Waals surface area contributed by atoms with Gasteiger partial charge in [-0.1, -0.05) is 0 Å². The molecule has 2 aromatic carbocycles. The van der Waals surface area contributed by atoms with Crippen LogP contribution in [0.3, 0.4) is 0 Å². The van der Waals surface area contributed by atoms with Gasteiger partial charge in [-0.15, -0.1) is 0 Å². The molecule has 0 aliphatic carbocycles. The van der Waals surface area contributed by atoms with Crippen molar-refractivity contribution in [2.45, 2.75) is 6.92 Å². The van der Waals surface area contributed by atoms with E-state index in [2.05, 4.69) is 4.98 Å². The van der Waals surface area contributed by atoms with Crippen molar-refractivity contribution in [3.05, 3.63) is 47.8 Å². The van der Waals surface area contributed by atoms with E-state index in [9.17, 15) is 4.79 Å². The van der Waals surface area contributed by atoms with Crippen LogP contribution in [-0.2, 0) is 0 Å². The van der Waals surface area contributed by atoms with Gasteiger partial charge in [0, 0.05) is 28.9 Å². The van der Waals surface area contributed by atoms with Gasteiger partial charge in [-0.05, 0) is 36.6 Å². The highest BCUT2D eigenvalue weighted by molar-refractivity contribution is 6.17.